The maximum absolute atomic E-state index is 13.4. The summed E-state index contributed by atoms with van der Waals surface area (Å²) in [4.78, 5) is 41.1. The number of rotatable bonds is 10. The van der Waals surface area contributed by atoms with Crippen molar-refractivity contribution < 1.29 is 34.5 Å². The molecule has 4 rings (SSSR count). The van der Waals surface area contributed by atoms with Crippen molar-refractivity contribution in [3.63, 3.8) is 0 Å². The molecule has 2 amide bonds. The van der Waals surface area contributed by atoms with Gasteiger partial charge >= 0.3 is 12.1 Å². The Kier molecular flexibility index (Phi) is 8.24. The van der Waals surface area contributed by atoms with E-state index in [1.165, 1.54) is 24.3 Å². The number of aromatic amines is 1. The zero-order valence-electron chi connectivity index (χ0n) is 20.3. The number of carboxylic acids is 1. The fourth-order valence-corrected chi connectivity index (χ4v) is 4.07. The van der Waals surface area contributed by atoms with Crippen LogP contribution in [0.25, 0.3) is 10.9 Å². The number of para-hydroxylation sites is 1. The largest absolute Gasteiger partial charge is 0.508 e. The van der Waals surface area contributed by atoms with Crippen LogP contribution in [0.4, 0.5) is 4.79 Å². The van der Waals surface area contributed by atoms with Crippen molar-refractivity contribution in [2.75, 3.05) is 0 Å². The molecule has 0 saturated heterocycles. The van der Waals surface area contributed by atoms with Gasteiger partial charge in [-0.15, -0.1) is 0 Å². The Morgan fingerprint density at radius 1 is 0.895 bits per heavy atom. The number of hydrogen-bond donors (Lipinski definition) is 5. The van der Waals surface area contributed by atoms with E-state index in [1.54, 1.807) is 30.5 Å². The number of carbonyl (C=O) groups is 3. The van der Waals surface area contributed by atoms with Crippen LogP contribution in [0.2, 0.25) is 0 Å². The van der Waals surface area contributed by atoms with E-state index < -0.39 is 30.1 Å². The highest BCUT2D eigenvalue weighted by Gasteiger charge is 2.35. The molecule has 38 heavy (non-hydrogen) atoms. The fourth-order valence-electron chi connectivity index (χ4n) is 4.07. The van der Waals surface area contributed by atoms with Crippen LogP contribution in [0.3, 0.4) is 0 Å². The molecule has 0 aliphatic carbocycles. The third kappa shape index (κ3) is 6.48. The number of phenols is 1. The number of nitrogens with one attached hydrogen (secondary N) is 2. The molecule has 3 aromatic carbocycles. The number of aromatic nitrogens is 1. The molecule has 0 bridgehead atoms. The molecule has 2 atom stereocenters. The molecule has 0 unspecified atom stereocenters. The Labute approximate surface area is 218 Å². The number of aromatic hydroxyl groups is 1. The van der Waals surface area contributed by atoms with Crippen molar-refractivity contribution in [2.24, 2.45) is 0 Å². The first kappa shape index (κ1) is 26.2. The molecule has 0 aliphatic heterocycles. The summed E-state index contributed by atoms with van der Waals surface area (Å²) < 4.78 is 5.26. The lowest BCUT2D eigenvalue weighted by atomic mass is 10.0. The van der Waals surface area contributed by atoms with Crippen LogP contribution < -0.4 is 5.32 Å². The average molecular weight is 518 g/mol. The van der Waals surface area contributed by atoms with E-state index in [4.69, 9.17) is 4.74 Å². The van der Waals surface area contributed by atoms with Crippen molar-refractivity contribution in [1.82, 2.24) is 15.4 Å². The molecule has 0 fully saturated rings. The second kappa shape index (κ2) is 11.9. The van der Waals surface area contributed by atoms with Crippen molar-refractivity contribution in [3.8, 4) is 5.75 Å². The number of carbonyl (C=O) groups excluding carboxylic acids is 2. The van der Waals surface area contributed by atoms with Crippen LogP contribution in [-0.4, -0.2) is 55.5 Å². The molecule has 196 valence electrons. The number of carboxylic acid groups (broad SMARTS) is 1. The second-order valence-electron chi connectivity index (χ2n) is 8.73. The number of ether oxygens (including phenoxy) is 1. The van der Waals surface area contributed by atoms with Crippen LogP contribution in [0.5, 0.6) is 5.75 Å². The van der Waals surface area contributed by atoms with Crippen molar-refractivity contribution >= 4 is 28.9 Å². The predicted molar refractivity (Wildman–Crippen MR) is 137 cm³/mol. The van der Waals surface area contributed by atoms with E-state index in [1.807, 2.05) is 30.3 Å². The Morgan fingerprint density at radius 2 is 1.58 bits per heavy atom. The molecule has 10 heteroatoms. The molecule has 4 aromatic rings. The first-order chi connectivity index (χ1) is 18.3. The Morgan fingerprint density at radius 3 is 2.29 bits per heavy atom. The Balaban J connectivity index is 1.54. The fraction of sp³-hybridized carbons (Fsp3) is 0.179. The average Bonchev–Trinajstić information content (AvgIpc) is 3.33. The molecule has 0 aliphatic rings. The summed E-state index contributed by atoms with van der Waals surface area (Å²) in [6, 6.07) is 19.1. The number of benzene rings is 3. The highest BCUT2D eigenvalue weighted by Crippen LogP contribution is 2.21. The van der Waals surface area contributed by atoms with E-state index >= 15 is 0 Å². The normalized spacial score (nSPS) is 12.4. The van der Waals surface area contributed by atoms with Gasteiger partial charge in [-0.2, -0.15) is 0 Å². The van der Waals surface area contributed by atoms with Gasteiger partial charge in [0.2, 0.25) is 0 Å². The van der Waals surface area contributed by atoms with Gasteiger partial charge in [0.15, 0.2) is 6.04 Å². The number of nitrogens with zero attached hydrogens (tertiary/aromatic N) is 1. The van der Waals surface area contributed by atoms with Crippen LogP contribution in [-0.2, 0) is 33.8 Å². The summed E-state index contributed by atoms with van der Waals surface area (Å²) in [6.07, 6.45) is 0.530. The number of phenolic OH excluding ortho intramolecular Hbond substituents is 1. The van der Waals surface area contributed by atoms with Crippen LogP contribution in [0.1, 0.15) is 16.7 Å². The zero-order chi connectivity index (χ0) is 27.1. The lowest BCUT2D eigenvalue weighted by Gasteiger charge is -2.27. The predicted octanol–water partition coefficient (Wildman–Crippen LogP) is 3.62. The lowest BCUT2D eigenvalue weighted by Crippen LogP contribution is -2.54. The Hall–Kier alpha value is -4.83. The number of alkyl carbamates (subject to hydrolysis) is 1. The number of H-pyrrole nitrogens is 1. The maximum atomic E-state index is 13.4. The number of fused-ring (bicyclic) bond motifs is 1. The number of hydroxylamine groups is 2. The van der Waals surface area contributed by atoms with Gasteiger partial charge in [0.1, 0.15) is 18.4 Å². The van der Waals surface area contributed by atoms with Gasteiger partial charge in [-0.25, -0.2) is 14.7 Å². The van der Waals surface area contributed by atoms with Crippen LogP contribution in [0.15, 0.2) is 85.1 Å². The molecule has 0 spiro atoms. The van der Waals surface area contributed by atoms with Gasteiger partial charge in [-0.05, 0) is 34.9 Å². The van der Waals surface area contributed by atoms with Gasteiger partial charge in [-0.3, -0.25) is 10.0 Å². The first-order valence-corrected chi connectivity index (χ1v) is 11.9. The Bertz CT molecular complexity index is 1400. The summed E-state index contributed by atoms with van der Waals surface area (Å²) in [5.41, 5.74) is 2.72. The summed E-state index contributed by atoms with van der Waals surface area (Å²) >= 11 is 0. The zero-order valence-corrected chi connectivity index (χ0v) is 20.3. The number of amides is 2. The van der Waals surface area contributed by atoms with Crippen molar-refractivity contribution in [3.05, 3.63) is 102 Å². The standard InChI is InChI=1S/C28H27N3O7/c32-21-12-10-18(11-13-21)14-25(27(34)35)31(37)26(33)24(15-20-16-29-23-9-5-4-8-22(20)23)30-28(36)38-17-19-6-2-1-3-7-19/h1-13,16,24-25,29,32,37H,14-15,17H2,(H,30,36)(H,34,35)/t24-,25-/m0/s1. The minimum atomic E-state index is -1.64. The van der Waals surface area contributed by atoms with E-state index in [2.05, 4.69) is 10.3 Å². The maximum Gasteiger partial charge on any atom is 0.408 e. The summed E-state index contributed by atoms with van der Waals surface area (Å²) in [5.74, 6) is -2.46. The van der Waals surface area contributed by atoms with E-state index in [-0.39, 0.29) is 30.3 Å². The molecule has 1 heterocycles. The molecule has 0 saturated carbocycles. The quantitative estimate of drug-likeness (QED) is 0.159. The minimum absolute atomic E-state index is 0.00503. The van der Waals surface area contributed by atoms with E-state index in [0.717, 1.165) is 16.5 Å². The molecular weight excluding hydrogens is 490 g/mol. The molecule has 10 nitrogen and oxygen atoms in total. The van der Waals surface area contributed by atoms with Crippen LogP contribution >= 0.6 is 0 Å². The van der Waals surface area contributed by atoms with Gasteiger partial charge in [0.25, 0.3) is 5.91 Å². The van der Waals surface area contributed by atoms with Gasteiger partial charge in [-0.1, -0.05) is 60.7 Å². The molecular formula is C28H27N3O7. The van der Waals surface area contributed by atoms with Gasteiger partial charge in [0.05, 0.1) is 0 Å². The second-order valence-corrected chi connectivity index (χ2v) is 8.73. The minimum Gasteiger partial charge on any atom is -0.508 e. The third-order valence-electron chi connectivity index (χ3n) is 6.07. The topological polar surface area (TPSA) is 152 Å². The van der Waals surface area contributed by atoms with Gasteiger partial charge in [0, 0.05) is 29.9 Å². The first-order valence-electron chi connectivity index (χ1n) is 11.9. The number of hydrogen-bond acceptors (Lipinski definition) is 6. The van der Waals surface area contributed by atoms with E-state index in [9.17, 15) is 29.8 Å². The van der Waals surface area contributed by atoms with Crippen molar-refractivity contribution in [1.29, 1.82) is 0 Å². The van der Waals surface area contributed by atoms with E-state index in [0.29, 0.717) is 11.1 Å². The summed E-state index contributed by atoms with van der Waals surface area (Å²) in [5, 5.41) is 33.4. The number of aliphatic carboxylic acids is 1. The highest BCUT2D eigenvalue weighted by molar-refractivity contribution is 5.90. The summed E-state index contributed by atoms with van der Waals surface area (Å²) in [7, 11) is 0. The monoisotopic (exact) mass is 517 g/mol. The SMILES string of the molecule is O=C(N[C@@H](Cc1c[nH]c2ccccc12)C(=O)N(O)[C@@H](Cc1ccc(O)cc1)C(=O)O)OCc1ccccc1. The molecule has 1 aromatic heterocycles. The third-order valence-corrected chi connectivity index (χ3v) is 6.07. The summed E-state index contributed by atoms with van der Waals surface area (Å²) in [6.45, 7) is -0.0396. The highest BCUT2D eigenvalue weighted by atomic mass is 16.5. The van der Waals surface area contributed by atoms with Crippen molar-refractivity contribution in [2.45, 2.75) is 31.5 Å². The van der Waals surface area contributed by atoms with Crippen LogP contribution in [0, 0.1) is 0 Å². The van der Waals surface area contributed by atoms with Gasteiger partial charge < -0.3 is 25.3 Å². The smallest absolute Gasteiger partial charge is 0.408 e. The molecule has 0 radical (unpaired) electrons. The lowest BCUT2D eigenvalue weighted by molar-refractivity contribution is -0.187. The molecule has 5 N–H and O–H groups in total.